The highest BCUT2D eigenvalue weighted by Gasteiger charge is 2.38. The summed E-state index contributed by atoms with van der Waals surface area (Å²) in [6.07, 6.45) is 2.91. The van der Waals surface area contributed by atoms with Crippen molar-refractivity contribution < 1.29 is 28.2 Å². The molecule has 2 aromatic carbocycles. The number of esters is 1. The summed E-state index contributed by atoms with van der Waals surface area (Å²) in [5.41, 5.74) is 2.20. The zero-order chi connectivity index (χ0) is 25.7. The summed E-state index contributed by atoms with van der Waals surface area (Å²) in [4.78, 5) is 28.1. The summed E-state index contributed by atoms with van der Waals surface area (Å²) in [5.74, 6) is 0.349. The van der Waals surface area contributed by atoms with Gasteiger partial charge >= 0.3 is 5.97 Å². The van der Waals surface area contributed by atoms with Crippen molar-refractivity contribution in [3.05, 3.63) is 59.4 Å². The minimum atomic E-state index is -0.445. The highest BCUT2D eigenvalue weighted by molar-refractivity contribution is 6.03. The molecule has 192 valence electrons. The van der Waals surface area contributed by atoms with Crippen LogP contribution in [0.5, 0.6) is 11.5 Å². The number of hydrogen-bond acceptors (Lipinski definition) is 7. The van der Waals surface area contributed by atoms with Gasteiger partial charge in [-0.15, -0.1) is 0 Å². The van der Waals surface area contributed by atoms with E-state index in [9.17, 15) is 14.0 Å². The molecule has 0 radical (unpaired) electrons. The van der Waals surface area contributed by atoms with E-state index >= 15 is 0 Å². The van der Waals surface area contributed by atoms with E-state index in [1.165, 1.54) is 17.1 Å². The van der Waals surface area contributed by atoms with Crippen molar-refractivity contribution in [2.75, 3.05) is 33.9 Å². The summed E-state index contributed by atoms with van der Waals surface area (Å²) >= 11 is 0. The minimum absolute atomic E-state index is 0.0403. The summed E-state index contributed by atoms with van der Waals surface area (Å²) in [6, 6.07) is 10.7. The van der Waals surface area contributed by atoms with Gasteiger partial charge < -0.3 is 14.2 Å². The highest BCUT2D eigenvalue weighted by Crippen LogP contribution is 2.39. The van der Waals surface area contributed by atoms with Gasteiger partial charge in [-0.25, -0.2) is 9.40 Å². The van der Waals surface area contributed by atoms with E-state index in [0.29, 0.717) is 43.2 Å². The van der Waals surface area contributed by atoms with Gasteiger partial charge in [0.25, 0.3) is 5.91 Å². The second-order valence-electron chi connectivity index (χ2n) is 8.85. The molecular weight excluding hydrogens is 465 g/mol. The van der Waals surface area contributed by atoms with E-state index < -0.39 is 12.1 Å². The Morgan fingerprint density at radius 2 is 1.86 bits per heavy atom. The van der Waals surface area contributed by atoms with Crippen molar-refractivity contribution in [1.29, 1.82) is 0 Å². The van der Waals surface area contributed by atoms with Gasteiger partial charge in [-0.2, -0.15) is 5.10 Å². The molecule has 0 aromatic heterocycles. The lowest BCUT2D eigenvalue weighted by molar-refractivity contribution is -0.152. The van der Waals surface area contributed by atoms with E-state index in [0.717, 1.165) is 24.0 Å². The molecule has 0 saturated carbocycles. The Morgan fingerprint density at radius 3 is 2.56 bits per heavy atom. The number of methoxy groups -OCH3 is 2. The molecule has 4 rings (SSSR count). The quantitative estimate of drug-likeness (QED) is 0.514. The van der Waals surface area contributed by atoms with Crippen LogP contribution in [0.15, 0.2) is 47.6 Å². The fourth-order valence-electron chi connectivity index (χ4n) is 4.82. The molecule has 8 nitrogen and oxygen atoms in total. The van der Waals surface area contributed by atoms with Gasteiger partial charge in [-0.3, -0.25) is 14.5 Å². The fourth-order valence-corrected chi connectivity index (χ4v) is 4.82. The van der Waals surface area contributed by atoms with Crippen LogP contribution < -0.4 is 9.47 Å². The zero-order valence-electron chi connectivity index (χ0n) is 20.9. The Labute approximate surface area is 210 Å². The van der Waals surface area contributed by atoms with Gasteiger partial charge in [0.2, 0.25) is 0 Å². The molecule has 1 amide bonds. The number of hydrogen-bond donors (Lipinski definition) is 0. The number of carbonyl (C=O) groups is 2. The molecule has 2 aliphatic heterocycles. The maximum absolute atomic E-state index is 13.7. The lowest BCUT2D eigenvalue weighted by Gasteiger charge is -2.34. The lowest BCUT2D eigenvalue weighted by atomic mass is 9.97. The van der Waals surface area contributed by atoms with Gasteiger partial charge in [0.05, 0.1) is 39.1 Å². The summed E-state index contributed by atoms with van der Waals surface area (Å²) < 4.78 is 29.7. The van der Waals surface area contributed by atoms with Gasteiger partial charge in [-0.1, -0.05) is 18.6 Å². The number of hydrazone groups is 1. The molecule has 36 heavy (non-hydrogen) atoms. The van der Waals surface area contributed by atoms with Crippen LogP contribution in [-0.4, -0.2) is 67.5 Å². The Kier molecular flexibility index (Phi) is 8.20. The largest absolute Gasteiger partial charge is 0.497 e. The number of halogens is 1. The number of amides is 1. The zero-order valence-corrected chi connectivity index (χ0v) is 20.9. The number of piperidine rings is 1. The van der Waals surface area contributed by atoms with Crippen molar-refractivity contribution in [3.8, 4) is 11.5 Å². The van der Waals surface area contributed by atoms with Crippen molar-refractivity contribution in [3.63, 3.8) is 0 Å². The van der Waals surface area contributed by atoms with E-state index in [1.807, 2.05) is 17.0 Å². The number of rotatable bonds is 8. The van der Waals surface area contributed by atoms with Crippen LogP contribution in [0.1, 0.15) is 49.8 Å². The standard InChI is InChI=1S/C27H32FN3O5/c1-4-36-27(33)23-7-5-6-14-30(23)17-26(32)31-24(21-13-12-20(34-2)15-25(21)35-3)16-22(29-31)18-8-10-19(28)11-9-18/h8-13,15,23-24H,4-7,14,16-17H2,1-3H3/t23-,24+/m0/s1. The number of nitrogens with zero attached hydrogens (tertiary/aromatic N) is 3. The van der Waals surface area contributed by atoms with E-state index in [4.69, 9.17) is 14.2 Å². The summed E-state index contributed by atoms with van der Waals surface area (Å²) in [7, 11) is 3.15. The molecule has 1 saturated heterocycles. The van der Waals surface area contributed by atoms with E-state index in [-0.39, 0.29) is 24.2 Å². The second-order valence-corrected chi connectivity index (χ2v) is 8.85. The van der Waals surface area contributed by atoms with Crippen LogP contribution in [0.2, 0.25) is 0 Å². The predicted octanol–water partition coefficient (Wildman–Crippen LogP) is 3.94. The molecule has 0 aliphatic carbocycles. The Bertz CT molecular complexity index is 1120. The third-order valence-corrected chi connectivity index (χ3v) is 6.65. The Balaban J connectivity index is 1.64. The van der Waals surface area contributed by atoms with Crippen LogP contribution in [0, 0.1) is 5.82 Å². The maximum atomic E-state index is 13.7. The van der Waals surface area contributed by atoms with Crippen molar-refractivity contribution in [2.45, 2.75) is 44.7 Å². The molecule has 0 unspecified atom stereocenters. The van der Waals surface area contributed by atoms with Crippen LogP contribution in [0.3, 0.4) is 0 Å². The lowest BCUT2D eigenvalue weighted by Crippen LogP contribution is -2.49. The average Bonchev–Trinajstić information content (AvgIpc) is 3.34. The maximum Gasteiger partial charge on any atom is 0.323 e. The summed E-state index contributed by atoms with van der Waals surface area (Å²) in [5, 5.41) is 6.16. The van der Waals surface area contributed by atoms with Crippen LogP contribution in [-0.2, 0) is 14.3 Å². The minimum Gasteiger partial charge on any atom is -0.497 e. The Morgan fingerprint density at radius 1 is 1.08 bits per heavy atom. The first-order chi connectivity index (χ1) is 17.4. The van der Waals surface area contributed by atoms with Crippen molar-refractivity contribution in [1.82, 2.24) is 9.91 Å². The van der Waals surface area contributed by atoms with Crippen molar-refractivity contribution in [2.24, 2.45) is 5.10 Å². The molecule has 0 N–H and O–H groups in total. The molecule has 2 atom stereocenters. The van der Waals surface area contributed by atoms with E-state index in [2.05, 4.69) is 5.10 Å². The number of ether oxygens (including phenoxy) is 3. The molecule has 0 bridgehead atoms. The Hall–Kier alpha value is -3.46. The van der Waals surface area contributed by atoms with Crippen LogP contribution in [0.25, 0.3) is 0 Å². The highest BCUT2D eigenvalue weighted by atomic mass is 19.1. The smallest absolute Gasteiger partial charge is 0.323 e. The van der Waals surface area contributed by atoms with Gasteiger partial charge in [0.15, 0.2) is 0 Å². The monoisotopic (exact) mass is 497 g/mol. The molecule has 1 fully saturated rings. The molecule has 2 heterocycles. The third kappa shape index (κ3) is 5.51. The second kappa shape index (κ2) is 11.5. The SMILES string of the molecule is CCOC(=O)[C@@H]1CCCCN1CC(=O)N1N=C(c2ccc(F)cc2)C[C@@H]1c1ccc(OC)cc1OC. The van der Waals surface area contributed by atoms with E-state index in [1.54, 1.807) is 39.3 Å². The molecule has 0 spiro atoms. The van der Waals surface area contributed by atoms with Crippen LogP contribution >= 0.6 is 0 Å². The third-order valence-electron chi connectivity index (χ3n) is 6.65. The number of benzene rings is 2. The first-order valence-electron chi connectivity index (χ1n) is 12.2. The molecule has 2 aromatic rings. The van der Waals surface area contributed by atoms with Crippen molar-refractivity contribution >= 4 is 17.6 Å². The number of likely N-dealkylation sites (tertiary alicyclic amines) is 1. The van der Waals surface area contributed by atoms with Gasteiger partial charge in [-0.05, 0) is 56.1 Å². The van der Waals surface area contributed by atoms with Gasteiger partial charge in [0.1, 0.15) is 23.4 Å². The van der Waals surface area contributed by atoms with Gasteiger partial charge in [0, 0.05) is 18.1 Å². The van der Waals surface area contributed by atoms with Crippen LogP contribution in [0.4, 0.5) is 4.39 Å². The molecule has 9 heteroatoms. The molecular formula is C27H32FN3O5. The number of carbonyl (C=O) groups excluding carboxylic acids is 2. The first-order valence-corrected chi connectivity index (χ1v) is 12.2. The fraction of sp³-hybridized carbons (Fsp3) is 0.444. The average molecular weight is 498 g/mol. The topological polar surface area (TPSA) is 80.7 Å². The predicted molar refractivity (Wildman–Crippen MR) is 133 cm³/mol. The summed E-state index contributed by atoms with van der Waals surface area (Å²) in [6.45, 7) is 2.75. The first kappa shape index (κ1) is 25.6. The normalized spacial score (nSPS) is 20.1. The molecule has 2 aliphatic rings.